The van der Waals surface area contributed by atoms with Crippen LogP contribution in [0.3, 0.4) is 0 Å². The van der Waals surface area contributed by atoms with Crippen LogP contribution >= 0.6 is 0 Å². The normalized spacial score (nSPS) is 29.8. The number of likely N-dealkylation sites (N-methyl/N-ethyl adjacent to an activating group) is 1. The van der Waals surface area contributed by atoms with Crippen LogP contribution < -0.4 is 21.7 Å². The Kier molecular flexibility index (Phi) is 10.4. The molecule has 13 nitrogen and oxygen atoms in total. The minimum atomic E-state index is -1.08. The fraction of sp³-hybridized carbons (Fsp3) is 0.857. The van der Waals surface area contributed by atoms with Gasteiger partial charge in [0.2, 0.25) is 23.5 Å². The zero-order valence-corrected chi connectivity index (χ0v) is 34.3. The van der Waals surface area contributed by atoms with E-state index >= 15 is 4.79 Å². The molecule has 55 heavy (non-hydrogen) atoms. The SMILES string of the molecule is CN1CCN(C(=O)C(NC(=O)N[C@@H](C(=O)N2C[C@]3(C[C@H]2C(=O)NC(CC2CCC2)C(=O)C(N)=O)C(C)(C)C32CCC2)C(C)(C)C)C2CCCCC2)CC12CC2. The number of rotatable bonds is 11. The van der Waals surface area contributed by atoms with Crippen molar-refractivity contribution in [1.82, 2.24) is 30.7 Å². The number of fused-ring (bicyclic) bond motifs is 1. The summed E-state index contributed by atoms with van der Waals surface area (Å²) in [6.07, 6.45) is 13.9. The van der Waals surface area contributed by atoms with E-state index in [4.69, 9.17) is 5.73 Å². The van der Waals surface area contributed by atoms with Crippen LogP contribution in [-0.4, -0.2) is 113 Å². The van der Waals surface area contributed by atoms with Crippen LogP contribution in [0.2, 0.25) is 0 Å². The molecule has 2 aliphatic heterocycles. The van der Waals surface area contributed by atoms with E-state index in [1.807, 2.05) is 25.7 Å². The van der Waals surface area contributed by atoms with Crippen molar-refractivity contribution >= 4 is 35.4 Å². The zero-order valence-electron chi connectivity index (χ0n) is 34.3. The number of nitrogens with two attached hydrogens (primary N) is 1. The molecule has 7 rings (SSSR count). The van der Waals surface area contributed by atoms with Crippen LogP contribution in [0.15, 0.2) is 0 Å². The minimum absolute atomic E-state index is 0.0175. The second kappa shape index (κ2) is 14.3. The van der Waals surface area contributed by atoms with E-state index in [1.165, 1.54) is 0 Å². The Morgan fingerprint density at radius 1 is 0.782 bits per heavy atom. The van der Waals surface area contributed by atoms with E-state index in [2.05, 4.69) is 41.7 Å². The van der Waals surface area contributed by atoms with Gasteiger partial charge in [0.15, 0.2) is 0 Å². The third-order valence-corrected chi connectivity index (χ3v) is 16.3. The van der Waals surface area contributed by atoms with Crippen molar-refractivity contribution in [3.8, 4) is 0 Å². The molecular formula is C42H67N7O6. The third kappa shape index (κ3) is 6.85. The number of urea groups is 1. The quantitative estimate of drug-likeness (QED) is 0.233. The Labute approximate surface area is 327 Å². The van der Waals surface area contributed by atoms with Gasteiger partial charge in [0.1, 0.15) is 18.1 Å². The summed E-state index contributed by atoms with van der Waals surface area (Å²) >= 11 is 0. The molecule has 0 aromatic heterocycles. The lowest BCUT2D eigenvalue weighted by Gasteiger charge is -2.43. The molecule has 2 unspecified atom stereocenters. The molecule has 5 atom stereocenters. The highest BCUT2D eigenvalue weighted by Crippen LogP contribution is 2.88. The zero-order chi connectivity index (χ0) is 39.7. The second-order valence-electron chi connectivity index (χ2n) is 20.3. The lowest BCUT2D eigenvalue weighted by atomic mass is 9.73. The lowest BCUT2D eigenvalue weighted by Crippen LogP contribution is -2.63. The van der Waals surface area contributed by atoms with Crippen LogP contribution in [-0.2, 0) is 24.0 Å². The van der Waals surface area contributed by atoms with Gasteiger partial charge in [-0.2, -0.15) is 0 Å². The molecule has 7 fully saturated rings. The summed E-state index contributed by atoms with van der Waals surface area (Å²) in [6.45, 7) is 12.6. The summed E-state index contributed by atoms with van der Waals surface area (Å²) in [7, 11) is 2.13. The standard InChI is InChI=1S/C42H67N7O6/c1-38(2,3)32(46-37(55)45-30(27-14-8-7-9-15-27)35(53)48-21-20-47(6)40(24-48)18-19-40)36(54)49-25-42(39(4,5)41(42)16-11-17-41)23-29(49)34(52)44-28(31(50)33(43)51)22-26-12-10-13-26/h26-30,32H,7-25H2,1-6H3,(H2,43,51)(H,44,52)(H2,45,46,55)/t28?,29-,30?,32-,42+/m0/s1. The van der Waals surface area contributed by atoms with E-state index in [1.54, 1.807) is 4.90 Å². The van der Waals surface area contributed by atoms with Crippen molar-refractivity contribution in [2.45, 2.75) is 161 Å². The topological polar surface area (TPSA) is 174 Å². The van der Waals surface area contributed by atoms with Crippen molar-refractivity contribution in [3.63, 3.8) is 0 Å². The second-order valence-corrected chi connectivity index (χ2v) is 20.3. The predicted octanol–water partition coefficient (Wildman–Crippen LogP) is 3.48. The van der Waals surface area contributed by atoms with E-state index in [0.717, 1.165) is 90.0 Å². The summed E-state index contributed by atoms with van der Waals surface area (Å²) in [5.74, 6) is -2.50. The lowest BCUT2D eigenvalue weighted by molar-refractivity contribution is -0.143. The van der Waals surface area contributed by atoms with E-state index in [0.29, 0.717) is 32.5 Å². The van der Waals surface area contributed by atoms with Gasteiger partial charge in [-0.1, -0.05) is 79.6 Å². The highest BCUT2D eigenvalue weighted by Gasteiger charge is 2.85. The molecular weight excluding hydrogens is 699 g/mol. The molecule has 13 heteroatoms. The van der Waals surface area contributed by atoms with Crippen LogP contribution in [0.1, 0.15) is 131 Å². The number of piperazine rings is 1. The summed E-state index contributed by atoms with van der Waals surface area (Å²) in [5, 5.41) is 9.00. The fourth-order valence-corrected chi connectivity index (χ4v) is 11.9. The number of hydrogen-bond acceptors (Lipinski definition) is 7. The first-order chi connectivity index (χ1) is 25.9. The Hall–Kier alpha value is -3.22. The molecule has 5 saturated carbocycles. The number of nitrogens with one attached hydrogen (secondary N) is 3. The number of carbonyl (C=O) groups excluding carboxylic acids is 6. The first-order valence-electron chi connectivity index (χ1n) is 21.4. The molecule has 2 saturated heterocycles. The summed E-state index contributed by atoms with van der Waals surface area (Å²) in [5.41, 5.74) is 4.40. The average Bonchev–Trinajstić information content (AvgIpc) is 3.88. The van der Waals surface area contributed by atoms with E-state index in [-0.39, 0.29) is 45.4 Å². The predicted molar refractivity (Wildman–Crippen MR) is 207 cm³/mol. The molecule has 2 heterocycles. The molecule has 0 bridgehead atoms. The van der Waals surface area contributed by atoms with Gasteiger partial charge < -0.3 is 31.5 Å². The number of primary amides is 1. The molecule has 5 aliphatic carbocycles. The van der Waals surface area contributed by atoms with Crippen molar-refractivity contribution in [2.24, 2.45) is 39.2 Å². The number of hydrogen-bond donors (Lipinski definition) is 4. The van der Waals surface area contributed by atoms with Crippen molar-refractivity contribution in [3.05, 3.63) is 0 Å². The molecule has 5 N–H and O–H groups in total. The highest BCUT2D eigenvalue weighted by atomic mass is 16.2. The summed E-state index contributed by atoms with van der Waals surface area (Å²) in [4.78, 5) is 88.9. The van der Waals surface area contributed by atoms with Crippen LogP contribution in [0.5, 0.6) is 0 Å². The maximum Gasteiger partial charge on any atom is 0.316 e. The Morgan fingerprint density at radius 2 is 1.45 bits per heavy atom. The number of likely N-dealkylation sites (tertiary alicyclic amines) is 1. The fourth-order valence-electron chi connectivity index (χ4n) is 11.9. The molecule has 6 amide bonds. The smallest absolute Gasteiger partial charge is 0.316 e. The number of Topliss-reactive ketones (excluding diaryl/α,β-unsaturated/α-hetero) is 1. The van der Waals surface area contributed by atoms with Gasteiger partial charge in [0.05, 0.1) is 6.04 Å². The van der Waals surface area contributed by atoms with Gasteiger partial charge in [0.25, 0.3) is 5.91 Å². The summed E-state index contributed by atoms with van der Waals surface area (Å²) < 4.78 is 0. The highest BCUT2D eigenvalue weighted by molar-refractivity contribution is 6.37. The Bertz CT molecular complexity index is 1570. The van der Waals surface area contributed by atoms with Gasteiger partial charge in [-0.15, -0.1) is 0 Å². The van der Waals surface area contributed by atoms with Crippen LogP contribution in [0.4, 0.5) is 4.79 Å². The van der Waals surface area contributed by atoms with Gasteiger partial charge in [-0.3, -0.25) is 28.9 Å². The first kappa shape index (κ1) is 40.0. The Balaban J connectivity index is 1.12. The summed E-state index contributed by atoms with van der Waals surface area (Å²) in [6, 6.07) is -4.17. The van der Waals surface area contributed by atoms with Gasteiger partial charge in [0, 0.05) is 37.1 Å². The van der Waals surface area contributed by atoms with Crippen LogP contribution in [0.25, 0.3) is 0 Å². The maximum absolute atomic E-state index is 15.0. The van der Waals surface area contributed by atoms with E-state index < -0.39 is 53.2 Å². The van der Waals surface area contributed by atoms with Gasteiger partial charge in [-0.25, -0.2) is 4.79 Å². The molecule has 3 spiro atoms. The largest absolute Gasteiger partial charge is 0.363 e. The van der Waals surface area contributed by atoms with Gasteiger partial charge >= 0.3 is 6.03 Å². The molecule has 7 aliphatic rings. The van der Waals surface area contributed by atoms with Gasteiger partial charge in [-0.05, 0) is 86.5 Å². The number of carbonyl (C=O) groups is 6. The molecule has 0 aromatic carbocycles. The van der Waals surface area contributed by atoms with Crippen molar-refractivity contribution < 1.29 is 28.8 Å². The molecule has 0 aromatic rings. The van der Waals surface area contributed by atoms with E-state index in [9.17, 15) is 24.0 Å². The van der Waals surface area contributed by atoms with Crippen molar-refractivity contribution in [1.29, 1.82) is 0 Å². The average molecular weight is 766 g/mol. The Morgan fingerprint density at radius 3 is 1.98 bits per heavy atom. The van der Waals surface area contributed by atoms with Crippen molar-refractivity contribution in [2.75, 3.05) is 33.2 Å². The minimum Gasteiger partial charge on any atom is -0.363 e. The molecule has 306 valence electrons. The number of ketones is 1. The number of nitrogens with zero attached hydrogens (tertiary/aromatic N) is 3. The number of amides is 6. The monoisotopic (exact) mass is 766 g/mol. The first-order valence-corrected chi connectivity index (χ1v) is 21.4. The van der Waals surface area contributed by atoms with Crippen LogP contribution in [0, 0.1) is 33.5 Å². The maximum atomic E-state index is 15.0. The third-order valence-electron chi connectivity index (χ3n) is 16.3. The molecule has 0 radical (unpaired) electrons.